The summed E-state index contributed by atoms with van der Waals surface area (Å²) in [6.45, 7) is 2.05. The van der Waals surface area contributed by atoms with Gasteiger partial charge in [0.25, 0.3) is 0 Å². The SMILES string of the molecule is CC(=O)Nc1ccc(Cl)c(NC(=O)N2CCCC(C(=O)O)C2)c1. The van der Waals surface area contributed by atoms with Crippen LogP contribution in [0.15, 0.2) is 18.2 Å². The van der Waals surface area contributed by atoms with Gasteiger partial charge >= 0.3 is 12.0 Å². The average Bonchev–Trinajstić information content (AvgIpc) is 2.50. The molecule has 2 rings (SSSR count). The third-order valence-electron chi connectivity index (χ3n) is 3.59. The van der Waals surface area contributed by atoms with Gasteiger partial charge in [0.1, 0.15) is 0 Å². The van der Waals surface area contributed by atoms with Gasteiger partial charge in [-0.1, -0.05) is 11.6 Å². The van der Waals surface area contributed by atoms with Gasteiger partial charge in [0, 0.05) is 25.7 Å². The maximum Gasteiger partial charge on any atom is 0.321 e. The van der Waals surface area contributed by atoms with Crippen LogP contribution in [0.3, 0.4) is 0 Å². The number of halogens is 1. The summed E-state index contributed by atoms with van der Waals surface area (Å²) in [5.41, 5.74) is 0.875. The summed E-state index contributed by atoms with van der Waals surface area (Å²) in [6.07, 6.45) is 1.21. The van der Waals surface area contributed by atoms with E-state index in [1.165, 1.54) is 11.8 Å². The highest BCUT2D eigenvalue weighted by atomic mass is 35.5. The van der Waals surface area contributed by atoms with Crippen LogP contribution < -0.4 is 10.6 Å². The Morgan fingerprint density at radius 2 is 2.04 bits per heavy atom. The van der Waals surface area contributed by atoms with Crippen molar-refractivity contribution >= 4 is 40.9 Å². The van der Waals surface area contributed by atoms with Gasteiger partial charge in [0.2, 0.25) is 5.91 Å². The molecular weight excluding hydrogens is 322 g/mol. The molecule has 124 valence electrons. The molecule has 1 atom stereocenters. The first-order chi connectivity index (χ1) is 10.9. The molecule has 1 aliphatic rings. The van der Waals surface area contributed by atoms with Crippen LogP contribution in [-0.2, 0) is 9.59 Å². The molecule has 0 spiro atoms. The fourth-order valence-corrected chi connectivity index (χ4v) is 2.62. The van der Waals surface area contributed by atoms with E-state index in [9.17, 15) is 14.4 Å². The van der Waals surface area contributed by atoms with E-state index in [-0.39, 0.29) is 12.5 Å². The standard InChI is InChI=1S/C15H18ClN3O4/c1-9(20)17-11-4-5-12(16)13(7-11)18-15(23)19-6-2-3-10(8-19)14(21)22/h4-5,7,10H,2-3,6,8H2,1H3,(H,17,20)(H,18,23)(H,21,22). The van der Waals surface area contributed by atoms with E-state index >= 15 is 0 Å². The Balaban J connectivity index is 2.07. The Hall–Kier alpha value is -2.28. The Kier molecular flexibility index (Phi) is 5.44. The number of carboxylic acid groups (broad SMARTS) is 1. The third kappa shape index (κ3) is 4.59. The molecule has 0 radical (unpaired) electrons. The van der Waals surface area contributed by atoms with Crippen LogP contribution >= 0.6 is 11.6 Å². The molecule has 1 aliphatic heterocycles. The zero-order chi connectivity index (χ0) is 17.0. The number of carbonyl (C=O) groups is 3. The predicted molar refractivity (Wildman–Crippen MR) is 86.7 cm³/mol. The van der Waals surface area contributed by atoms with E-state index in [2.05, 4.69) is 10.6 Å². The monoisotopic (exact) mass is 339 g/mol. The topological polar surface area (TPSA) is 98.7 Å². The maximum absolute atomic E-state index is 12.3. The molecule has 0 saturated carbocycles. The lowest BCUT2D eigenvalue weighted by Crippen LogP contribution is -2.44. The molecule has 3 N–H and O–H groups in total. The number of nitrogens with zero attached hydrogens (tertiary/aromatic N) is 1. The Labute approximate surface area is 138 Å². The first-order valence-corrected chi connectivity index (χ1v) is 7.60. The number of hydrogen-bond acceptors (Lipinski definition) is 3. The number of piperidine rings is 1. The molecule has 8 heteroatoms. The van der Waals surface area contributed by atoms with Crippen LogP contribution in [0, 0.1) is 5.92 Å². The summed E-state index contributed by atoms with van der Waals surface area (Å²) in [5, 5.41) is 14.7. The molecule has 1 fully saturated rings. The van der Waals surface area contributed by atoms with Gasteiger partial charge in [-0.05, 0) is 31.0 Å². The zero-order valence-electron chi connectivity index (χ0n) is 12.6. The number of aliphatic carboxylic acids is 1. The quantitative estimate of drug-likeness (QED) is 0.788. The molecule has 7 nitrogen and oxygen atoms in total. The molecule has 1 aromatic rings. The minimum atomic E-state index is -0.895. The van der Waals surface area contributed by atoms with Crippen molar-refractivity contribution in [2.75, 3.05) is 23.7 Å². The van der Waals surface area contributed by atoms with Crippen molar-refractivity contribution in [2.45, 2.75) is 19.8 Å². The van der Waals surface area contributed by atoms with E-state index in [0.717, 1.165) is 0 Å². The fourth-order valence-electron chi connectivity index (χ4n) is 2.46. The van der Waals surface area contributed by atoms with Gasteiger partial charge in [-0.25, -0.2) is 4.79 Å². The molecule has 0 bridgehead atoms. The molecule has 1 aromatic carbocycles. The summed E-state index contributed by atoms with van der Waals surface area (Å²) in [4.78, 5) is 35.9. The highest BCUT2D eigenvalue weighted by Crippen LogP contribution is 2.26. The molecule has 1 heterocycles. The Morgan fingerprint density at radius 3 is 2.70 bits per heavy atom. The van der Waals surface area contributed by atoms with Gasteiger partial charge < -0.3 is 20.6 Å². The first-order valence-electron chi connectivity index (χ1n) is 7.22. The molecule has 23 heavy (non-hydrogen) atoms. The number of anilines is 2. The van der Waals surface area contributed by atoms with Crippen molar-refractivity contribution < 1.29 is 19.5 Å². The normalized spacial score (nSPS) is 17.5. The largest absolute Gasteiger partial charge is 0.481 e. The average molecular weight is 340 g/mol. The lowest BCUT2D eigenvalue weighted by molar-refractivity contribution is -0.143. The number of carbonyl (C=O) groups excluding carboxylic acids is 2. The zero-order valence-corrected chi connectivity index (χ0v) is 13.4. The van der Waals surface area contributed by atoms with Gasteiger partial charge in [0.05, 0.1) is 16.6 Å². The van der Waals surface area contributed by atoms with Gasteiger partial charge in [0.15, 0.2) is 0 Å². The molecule has 0 aliphatic carbocycles. The summed E-state index contributed by atoms with van der Waals surface area (Å²) in [5.74, 6) is -1.67. The van der Waals surface area contributed by atoms with E-state index in [1.54, 1.807) is 18.2 Å². The van der Waals surface area contributed by atoms with E-state index in [1.807, 2.05) is 0 Å². The number of nitrogens with one attached hydrogen (secondary N) is 2. The number of amides is 3. The van der Waals surface area contributed by atoms with Crippen molar-refractivity contribution in [3.05, 3.63) is 23.2 Å². The molecule has 3 amide bonds. The number of benzene rings is 1. The third-order valence-corrected chi connectivity index (χ3v) is 3.92. The molecular formula is C15H18ClN3O4. The Bertz CT molecular complexity index is 635. The van der Waals surface area contributed by atoms with Crippen molar-refractivity contribution in [3.63, 3.8) is 0 Å². The molecule has 1 saturated heterocycles. The van der Waals surface area contributed by atoms with Crippen LogP contribution in [0.4, 0.5) is 16.2 Å². The second-order valence-corrected chi connectivity index (χ2v) is 5.84. The van der Waals surface area contributed by atoms with E-state index in [4.69, 9.17) is 16.7 Å². The second kappa shape index (κ2) is 7.32. The van der Waals surface area contributed by atoms with Gasteiger partial charge in [-0.15, -0.1) is 0 Å². The van der Waals surface area contributed by atoms with Crippen LogP contribution in [0.5, 0.6) is 0 Å². The van der Waals surface area contributed by atoms with Crippen LogP contribution in [0.2, 0.25) is 5.02 Å². The van der Waals surface area contributed by atoms with Crippen molar-refractivity contribution in [1.29, 1.82) is 0 Å². The minimum absolute atomic E-state index is 0.171. The Morgan fingerprint density at radius 1 is 1.30 bits per heavy atom. The first kappa shape index (κ1) is 17.1. The number of likely N-dealkylation sites (tertiary alicyclic amines) is 1. The lowest BCUT2D eigenvalue weighted by Gasteiger charge is -2.30. The highest BCUT2D eigenvalue weighted by Gasteiger charge is 2.28. The van der Waals surface area contributed by atoms with E-state index < -0.39 is 17.9 Å². The summed E-state index contributed by atoms with van der Waals surface area (Å²) in [6, 6.07) is 4.34. The summed E-state index contributed by atoms with van der Waals surface area (Å²) >= 11 is 6.05. The van der Waals surface area contributed by atoms with Gasteiger partial charge in [-0.2, -0.15) is 0 Å². The van der Waals surface area contributed by atoms with Crippen molar-refractivity contribution in [3.8, 4) is 0 Å². The second-order valence-electron chi connectivity index (χ2n) is 5.43. The minimum Gasteiger partial charge on any atom is -0.481 e. The summed E-state index contributed by atoms with van der Waals surface area (Å²) in [7, 11) is 0. The molecule has 0 aromatic heterocycles. The number of hydrogen-bond donors (Lipinski definition) is 3. The summed E-state index contributed by atoms with van der Waals surface area (Å²) < 4.78 is 0. The predicted octanol–water partition coefficient (Wildman–Crippen LogP) is 2.63. The maximum atomic E-state index is 12.3. The number of urea groups is 1. The van der Waals surface area contributed by atoms with Gasteiger partial charge in [-0.3, -0.25) is 9.59 Å². The van der Waals surface area contributed by atoms with Crippen LogP contribution in [-0.4, -0.2) is 41.0 Å². The van der Waals surface area contributed by atoms with E-state index in [0.29, 0.717) is 35.8 Å². The van der Waals surface area contributed by atoms with Crippen LogP contribution in [0.25, 0.3) is 0 Å². The van der Waals surface area contributed by atoms with Crippen LogP contribution in [0.1, 0.15) is 19.8 Å². The number of carboxylic acids is 1. The highest BCUT2D eigenvalue weighted by molar-refractivity contribution is 6.33. The van der Waals surface area contributed by atoms with Crippen molar-refractivity contribution in [2.24, 2.45) is 5.92 Å². The number of rotatable bonds is 3. The fraction of sp³-hybridized carbons (Fsp3) is 0.400. The molecule has 1 unspecified atom stereocenters. The van der Waals surface area contributed by atoms with Crippen molar-refractivity contribution in [1.82, 2.24) is 4.90 Å². The smallest absolute Gasteiger partial charge is 0.321 e. The lowest BCUT2D eigenvalue weighted by atomic mass is 9.99.